The number of amides is 1. The largest absolute Gasteiger partial charge is 0.322 e. The SMILES string of the molecule is O=C(Nc1ccc(S(=O)(=O)C2CCCC2)cc1)c1cccc([N+](=O)[O-])c1. The third-order valence-electron chi connectivity index (χ3n) is 4.50. The topological polar surface area (TPSA) is 106 Å². The summed E-state index contributed by atoms with van der Waals surface area (Å²) < 4.78 is 25.1. The van der Waals surface area contributed by atoms with Crippen molar-refractivity contribution in [3.63, 3.8) is 0 Å². The van der Waals surface area contributed by atoms with E-state index in [1.807, 2.05) is 0 Å². The fourth-order valence-corrected chi connectivity index (χ4v) is 4.94. The lowest BCUT2D eigenvalue weighted by atomic mass is 10.2. The van der Waals surface area contributed by atoms with Crippen LogP contribution < -0.4 is 5.32 Å². The first-order chi connectivity index (χ1) is 12.4. The number of hydrogen-bond donors (Lipinski definition) is 1. The van der Waals surface area contributed by atoms with E-state index in [1.165, 1.54) is 48.5 Å². The summed E-state index contributed by atoms with van der Waals surface area (Å²) in [5.41, 5.74) is 0.407. The first-order valence-corrected chi connectivity index (χ1v) is 9.82. The molecule has 1 amide bonds. The highest BCUT2D eigenvalue weighted by atomic mass is 32.2. The minimum atomic E-state index is -3.34. The summed E-state index contributed by atoms with van der Waals surface area (Å²) in [6.07, 6.45) is 3.24. The molecule has 1 saturated carbocycles. The van der Waals surface area contributed by atoms with Gasteiger partial charge in [0.25, 0.3) is 11.6 Å². The molecule has 3 rings (SSSR count). The lowest BCUT2D eigenvalue weighted by Gasteiger charge is -2.12. The van der Waals surface area contributed by atoms with Gasteiger partial charge in [0.05, 0.1) is 15.1 Å². The number of sulfone groups is 1. The van der Waals surface area contributed by atoms with Crippen LogP contribution in [0.3, 0.4) is 0 Å². The van der Waals surface area contributed by atoms with Crippen molar-refractivity contribution in [2.75, 3.05) is 5.32 Å². The molecule has 0 radical (unpaired) electrons. The predicted octanol–water partition coefficient (Wildman–Crippen LogP) is 3.56. The van der Waals surface area contributed by atoms with Gasteiger partial charge in [-0.3, -0.25) is 14.9 Å². The molecule has 1 aliphatic rings. The maximum atomic E-state index is 12.5. The molecule has 8 heteroatoms. The minimum absolute atomic E-state index is 0.154. The zero-order chi connectivity index (χ0) is 18.7. The summed E-state index contributed by atoms with van der Waals surface area (Å²) in [6.45, 7) is 0. The monoisotopic (exact) mass is 374 g/mol. The van der Waals surface area contributed by atoms with E-state index >= 15 is 0 Å². The summed E-state index contributed by atoms with van der Waals surface area (Å²) in [6, 6.07) is 11.4. The lowest BCUT2D eigenvalue weighted by molar-refractivity contribution is -0.384. The van der Waals surface area contributed by atoms with Crippen LogP contribution >= 0.6 is 0 Å². The highest BCUT2D eigenvalue weighted by Crippen LogP contribution is 2.30. The standard InChI is InChI=1S/C18H18N2O5S/c21-18(13-4-3-5-15(12-13)20(22)23)19-14-8-10-17(11-9-14)26(24,25)16-6-1-2-7-16/h3-5,8-12,16H,1-2,6-7H2,(H,19,21). The van der Waals surface area contributed by atoms with Crippen molar-refractivity contribution in [1.29, 1.82) is 0 Å². The van der Waals surface area contributed by atoms with Crippen LogP contribution in [0.5, 0.6) is 0 Å². The molecule has 0 atom stereocenters. The number of non-ortho nitro benzene ring substituents is 1. The number of hydrogen-bond acceptors (Lipinski definition) is 5. The molecule has 0 bridgehead atoms. The van der Waals surface area contributed by atoms with Gasteiger partial charge in [0.1, 0.15) is 0 Å². The third kappa shape index (κ3) is 3.75. The predicted molar refractivity (Wildman–Crippen MR) is 96.9 cm³/mol. The minimum Gasteiger partial charge on any atom is -0.322 e. The Morgan fingerprint density at radius 3 is 2.35 bits per heavy atom. The highest BCUT2D eigenvalue weighted by molar-refractivity contribution is 7.92. The van der Waals surface area contributed by atoms with Gasteiger partial charge in [-0.25, -0.2) is 8.42 Å². The van der Waals surface area contributed by atoms with E-state index in [2.05, 4.69) is 5.32 Å². The van der Waals surface area contributed by atoms with E-state index in [1.54, 1.807) is 0 Å². The molecule has 2 aromatic rings. The number of anilines is 1. The second-order valence-corrected chi connectivity index (χ2v) is 8.47. The van der Waals surface area contributed by atoms with Crippen molar-refractivity contribution in [2.24, 2.45) is 0 Å². The van der Waals surface area contributed by atoms with Crippen LogP contribution in [-0.2, 0) is 9.84 Å². The van der Waals surface area contributed by atoms with Crippen molar-refractivity contribution >= 4 is 27.1 Å². The summed E-state index contributed by atoms with van der Waals surface area (Å²) in [5, 5.41) is 13.1. The van der Waals surface area contributed by atoms with Gasteiger partial charge in [0.15, 0.2) is 9.84 Å². The average molecular weight is 374 g/mol. The Hall–Kier alpha value is -2.74. The van der Waals surface area contributed by atoms with Crippen molar-refractivity contribution in [3.05, 3.63) is 64.2 Å². The van der Waals surface area contributed by atoms with Crippen LogP contribution in [0.1, 0.15) is 36.0 Å². The maximum absolute atomic E-state index is 12.5. The second kappa shape index (κ2) is 7.25. The summed E-state index contributed by atoms with van der Waals surface area (Å²) in [7, 11) is -3.34. The lowest BCUT2D eigenvalue weighted by Crippen LogP contribution is -2.18. The van der Waals surface area contributed by atoms with Crippen LogP contribution in [0.15, 0.2) is 53.4 Å². The van der Waals surface area contributed by atoms with E-state index in [0.717, 1.165) is 12.8 Å². The third-order valence-corrected chi connectivity index (χ3v) is 6.78. The average Bonchev–Trinajstić information content (AvgIpc) is 3.18. The maximum Gasteiger partial charge on any atom is 0.270 e. The number of nitro groups is 1. The quantitative estimate of drug-likeness (QED) is 0.636. The van der Waals surface area contributed by atoms with Gasteiger partial charge in [-0.2, -0.15) is 0 Å². The molecule has 0 aliphatic heterocycles. The molecule has 1 N–H and O–H groups in total. The van der Waals surface area contributed by atoms with Crippen LogP contribution in [-0.4, -0.2) is 24.5 Å². The molecule has 136 valence electrons. The molecule has 0 spiro atoms. The van der Waals surface area contributed by atoms with Crippen LogP contribution in [0.2, 0.25) is 0 Å². The fourth-order valence-electron chi connectivity index (χ4n) is 3.08. The fraction of sp³-hybridized carbons (Fsp3) is 0.278. The van der Waals surface area contributed by atoms with Gasteiger partial charge >= 0.3 is 0 Å². The van der Waals surface area contributed by atoms with Crippen LogP contribution in [0.4, 0.5) is 11.4 Å². The summed E-state index contributed by atoms with van der Waals surface area (Å²) >= 11 is 0. The highest BCUT2D eigenvalue weighted by Gasteiger charge is 2.30. The Bertz CT molecular complexity index is 932. The Kier molecular flexibility index (Phi) is 5.03. The first-order valence-electron chi connectivity index (χ1n) is 8.28. The van der Waals surface area contributed by atoms with Gasteiger partial charge < -0.3 is 5.32 Å². The van der Waals surface area contributed by atoms with Crippen molar-refractivity contribution in [1.82, 2.24) is 0 Å². The van der Waals surface area contributed by atoms with E-state index in [4.69, 9.17) is 0 Å². The van der Waals surface area contributed by atoms with Gasteiger partial charge in [-0.15, -0.1) is 0 Å². The number of carbonyl (C=O) groups excluding carboxylic acids is 1. The number of nitro benzene ring substituents is 1. The number of rotatable bonds is 5. The molecule has 2 aromatic carbocycles. The zero-order valence-corrected chi connectivity index (χ0v) is 14.7. The molecule has 0 unspecified atom stereocenters. The summed E-state index contributed by atoms with van der Waals surface area (Å²) in [4.78, 5) is 22.7. The second-order valence-electron chi connectivity index (χ2n) is 6.24. The first kappa shape index (κ1) is 18.1. The Morgan fingerprint density at radius 2 is 1.73 bits per heavy atom. The van der Waals surface area contributed by atoms with Crippen LogP contribution in [0, 0.1) is 10.1 Å². The van der Waals surface area contributed by atoms with Crippen LogP contribution in [0.25, 0.3) is 0 Å². The number of nitrogens with zero attached hydrogens (tertiary/aromatic N) is 1. The van der Waals surface area contributed by atoms with Gasteiger partial charge in [-0.05, 0) is 43.2 Å². The molecule has 26 heavy (non-hydrogen) atoms. The molecule has 1 aliphatic carbocycles. The van der Waals surface area contributed by atoms with Crippen molar-refractivity contribution in [3.8, 4) is 0 Å². The van der Waals surface area contributed by atoms with Crippen molar-refractivity contribution < 1.29 is 18.1 Å². The number of benzene rings is 2. The normalized spacial score (nSPS) is 14.9. The van der Waals surface area contributed by atoms with Gasteiger partial charge in [-0.1, -0.05) is 18.9 Å². The van der Waals surface area contributed by atoms with E-state index in [-0.39, 0.29) is 21.4 Å². The molecule has 7 nitrogen and oxygen atoms in total. The van der Waals surface area contributed by atoms with Gasteiger partial charge in [0.2, 0.25) is 0 Å². The van der Waals surface area contributed by atoms with Crippen molar-refractivity contribution in [2.45, 2.75) is 35.8 Å². The molecule has 0 heterocycles. The number of nitrogens with one attached hydrogen (secondary N) is 1. The Morgan fingerprint density at radius 1 is 1.08 bits per heavy atom. The van der Waals surface area contributed by atoms with E-state index < -0.39 is 20.7 Å². The van der Waals surface area contributed by atoms with E-state index in [9.17, 15) is 23.3 Å². The van der Waals surface area contributed by atoms with Gasteiger partial charge in [0, 0.05) is 23.4 Å². The number of carbonyl (C=O) groups is 1. The molecular weight excluding hydrogens is 356 g/mol. The molecular formula is C18H18N2O5S. The molecule has 0 aromatic heterocycles. The zero-order valence-electron chi connectivity index (χ0n) is 13.9. The Labute approximate surface area is 151 Å². The Balaban J connectivity index is 1.74. The van der Waals surface area contributed by atoms with E-state index in [0.29, 0.717) is 18.5 Å². The summed E-state index contributed by atoms with van der Waals surface area (Å²) in [5.74, 6) is -0.500. The smallest absolute Gasteiger partial charge is 0.270 e. The molecule has 1 fully saturated rings. The molecule has 0 saturated heterocycles.